The summed E-state index contributed by atoms with van der Waals surface area (Å²) in [4.78, 5) is 9.27. The van der Waals surface area contributed by atoms with Gasteiger partial charge in [-0.25, -0.2) is 9.97 Å². The van der Waals surface area contributed by atoms with Gasteiger partial charge in [0.05, 0.1) is 22.6 Å². The van der Waals surface area contributed by atoms with Crippen molar-refractivity contribution >= 4 is 16.7 Å². The first-order valence-corrected chi connectivity index (χ1v) is 11.9. The van der Waals surface area contributed by atoms with Crippen LogP contribution in [0.3, 0.4) is 0 Å². The number of alkyl halides is 3. The summed E-state index contributed by atoms with van der Waals surface area (Å²) in [5.74, 6) is 0. The van der Waals surface area contributed by atoms with E-state index in [9.17, 15) is 18.3 Å². The van der Waals surface area contributed by atoms with E-state index in [0.29, 0.717) is 46.3 Å². The van der Waals surface area contributed by atoms with Crippen molar-refractivity contribution in [2.45, 2.75) is 44.0 Å². The number of pyridine rings is 1. The average molecular weight is 504 g/mol. The van der Waals surface area contributed by atoms with Crippen molar-refractivity contribution in [3.8, 4) is 22.4 Å². The van der Waals surface area contributed by atoms with Crippen LogP contribution in [0.4, 0.5) is 13.2 Å². The Morgan fingerprint density at radius 2 is 1.70 bits per heavy atom. The Kier molecular flexibility index (Phi) is 4.99. The second-order valence-electron chi connectivity index (χ2n) is 10.2. The third-order valence-electron chi connectivity index (χ3n) is 7.03. The summed E-state index contributed by atoms with van der Waals surface area (Å²) in [6.45, 7) is 3.59. The van der Waals surface area contributed by atoms with E-state index in [2.05, 4.69) is 10.1 Å². The summed E-state index contributed by atoms with van der Waals surface area (Å²) in [6.07, 6.45) is -2.07. The topological polar surface area (TPSA) is 89.3 Å². The molecule has 1 aliphatic carbocycles. The van der Waals surface area contributed by atoms with Gasteiger partial charge in [-0.3, -0.25) is 0 Å². The summed E-state index contributed by atoms with van der Waals surface area (Å²) in [7, 11) is 0. The zero-order valence-electron chi connectivity index (χ0n) is 20.2. The van der Waals surface area contributed by atoms with E-state index in [1.54, 1.807) is 29.8 Å². The predicted molar refractivity (Wildman–Crippen MR) is 135 cm³/mol. The highest BCUT2D eigenvalue weighted by atomic mass is 19.4. The normalized spacial score (nSPS) is 21.9. The Bertz CT molecular complexity index is 1660. The zero-order valence-corrected chi connectivity index (χ0v) is 20.2. The highest BCUT2D eigenvalue weighted by molar-refractivity contribution is 5.91. The van der Waals surface area contributed by atoms with Gasteiger partial charge in [-0.15, -0.1) is 0 Å². The fraction of sp³-hybridized carbons (Fsp3) is 0.250. The number of hydrogen-bond acceptors (Lipinski definition) is 5. The molecule has 0 saturated heterocycles. The molecule has 1 fully saturated rings. The number of halogens is 3. The van der Waals surface area contributed by atoms with Gasteiger partial charge in [0, 0.05) is 34.3 Å². The lowest BCUT2D eigenvalue weighted by molar-refractivity contribution is -0.137. The van der Waals surface area contributed by atoms with Crippen LogP contribution in [0, 0.1) is 6.92 Å². The lowest BCUT2D eigenvalue weighted by Gasteiger charge is -2.49. The van der Waals surface area contributed by atoms with E-state index in [-0.39, 0.29) is 5.56 Å². The summed E-state index contributed by atoms with van der Waals surface area (Å²) in [5, 5.41) is 15.2. The van der Waals surface area contributed by atoms with Crippen LogP contribution in [0.1, 0.15) is 36.6 Å². The van der Waals surface area contributed by atoms with Gasteiger partial charge in [-0.1, -0.05) is 42.5 Å². The number of aryl methyl sites for hydroxylation is 1. The van der Waals surface area contributed by atoms with Gasteiger partial charge in [-0.05, 0) is 49.9 Å². The largest absolute Gasteiger partial charge is 0.417 e. The first-order chi connectivity index (χ1) is 17.4. The van der Waals surface area contributed by atoms with Gasteiger partial charge in [0.2, 0.25) is 0 Å². The Hall–Kier alpha value is -3.82. The first-order valence-electron chi connectivity index (χ1n) is 11.9. The molecule has 3 heterocycles. The van der Waals surface area contributed by atoms with Crippen LogP contribution in [0.25, 0.3) is 39.1 Å². The number of benzene rings is 2. The van der Waals surface area contributed by atoms with Crippen molar-refractivity contribution in [3.05, 3.63) is 83.7 Å². The van der Waals surface area contributed by atoms with E-state index in [0.717, 1.165) is 17.3 Å². The van der Waals surface area contributed by atoms with E-state index < -0.39 is 22.9 Å². The minimum atomic E-state index is -4.54. The summed E-state index contributed by atoms with van der Waals surface area (Å²) < 4.78 is 43.6. The Labute approximate surface area is 210 Å². The van der Waals surface area contributed by atoms with Gasteiger partial charge in [-0.2, -0.15) is 22.8 Å². The number of nitrogens with two attached hydrogens (primary N) is 1. The van der Waals surface area contributed by atoms with Crippen LogP contribution in [-0.4, -0.2) is 30.3 Å². The van der Waals surface area contributed by atoms with Crippen molar-refractivity contribution in [1.29, 1.82) is 0 Å². The van der Waals surface area contributed by atoms with E-state index in [1.165, 1.54) is 12.1 Å². The smallest absolute Gasteiger partial charge is 0.390 e. The van der Waals surface area contributed by atoms with E-state index >= 15 is 0 Å². The number of nitrogens with zero attached hydrogens (tertiary/aromatic N) is 4. The maximum absolute atomic E-state index is 14.0. The maximum Gasteiger partial charge on any atom is 0.417 e. The van der Waals surface area contributed by atoms with Crippen LogP contribution in [0.2, 0.25) is 0 Å². The number of rotatable bonds is 3. The minimum Gasteiger partial charge on any atom is -0.390 e. The second kappa shape index (κ2) is 7.84. The van der Waals surface area contributed by atoms with Crippen molar-refractivity contribution < 1.29 is 18.3 Å². The number of fused-ring (bicyclic) bond motifs is 3. The van der Waals surface area contributed by atoms with Crippen molar-refractivity contribution in [3.63, 3.8) is 0 Å². The highest BCUT2D eigenvalue weighted by Gasteiger charge is 2.49. The molecule has 188 valence electrons. The van der Waals surface area contributed by atoms with Gasteiger partial charge in [0.25, 0.3) is 0 Å². The second-order valence-corrected chi connectivity index (χ2v) is 10.2. The monoisotopic (exact) mass is 503 g/mol. The van der Waals surface area contributed by atoms with Crippen molar-refractivity contribution in [2.24, 2.45) is 5.73 Å². The van der Waals surface area contributed by atoms with Crippen LogP contribution in [0.15, 0.2) is 66.9 Å². The third kappa shape index (κ3) is 3.95. The highest BCUT2D eigenvalue weighted by Crippen LogP contribution is 2.47. The number of aromatic nitrogens is 4. The van der Waals surface area contributed by atoms with E-state index in [4.69, 9.17) is 10.7 Å². The molecule has 0 spiro atoms. The Balaban J connectivity index is 1.58. The average Bonchev–Trinajstić information content (AvgIpc) is 3.22. The molecule has 0 unspecified atom stereocenters. The lowest BCUT2D eigenvalue weighted by Crippen LogP contribution is -2.58. The fourth-order valence-electron chi connectivity index (χ4n) is 5.52. The SMILES string of the molecule is Cc1cc2ncc3cc(-c4ccccc4C(F)(F)F)c(-c4ccc(C5(N)CC(C)(O)C5)cc4)nc3n2n1. The molecule has 6 rings (SSSR count). The van der Waals surface area contributed by atoms with Crippen LogP contribution in [-0.2, 0) is 11.7 Å². The van der Waals surface area contributed by atoms with Crippen LogP contribution >= 0.6 is 0 Å². The minimum absolute atomic E-state index is 0.0329. The molecule has 37 heavy (non-hydrogen) atoms. The van der Waals surface area contributed by atoms with Gasteiger partial charge >= 0.3 is 6.18 Å². The molecule has 1 saturated carbocycles. The molecule has 6 nitrogen and oxygen atoms in total. The Morgan fingerprint density at radius 1 is 1.00 bits per heavy atom. The van der Waals surface area contributed by atoms with Crippen molar-refractivity contribution in [2.75, 3.05) is 0 Å². The molecule has 5 aromatic rings. The molecule has 3 N–H and O–H groups in total. The number of hydrogen-bond donors (Lipinski definition) is 2. The standard InChI is InChI=1S/C28H24F3N5O/c1-16-11-23-33-13-18-12-21(20-5-3-4-6-22(20)28(29,30)31)24(34-25(18)36(23)35-16)17-7-9-19(10-8-17)27(32)14-26(2,37)15-27/h3-13,37H,14-15,32H2,1-2H3. The number of aliphatic hydroxyl groups is 1. The molecule has 1 aliphatic rings. The molecular formula is C28H24F3N5O. The summed E-state index contributed by atoms with van der Waals surface area (Å²) in [6, 6.07) is 16.3. The maximum atomic E-state index is 14.0. The quantitative estimate of drug-likeness (QED) is 0.333. The van der Waals surface area contributed by atoms with Crippen molar-refractivity contribution in [1.82, 2.24) is 19.6 Å². The van der Waals surface area contributed by atoms with Gasteiger partial charge < -0.3 is 10.8 Å². The van der Waals surface area contributed by atoms with Crippen LogP contribution < -0.4 is 5.73 Å². The molecule has 0 radical (unpaired) electrons. The first kappa shape index (κ1) is 23.6. The zero-order chi connectivity index (χ0) is 26.2. The van der Waals surface area contributed by atoms with Gasteiger partial charge in [0.1, 0.15) is 0 Å². The van der Waals surface area contributed by atoms with Crippen LogP contribution in [0.5, 0.6) is 0 Å². The summed E-state index contributed by atoms with van der Waals surface area (Å²) in [5.41, 5.74) is 8.42. The lowest BCUT2D eigenvalue weighted by atomic mass is 9.63. The molecular weight excluding hydrogens is 479 g/mol. The molecule has 0 bridgehead atoms. The molecule has 0 amide bonds. The fourth-order valence-corrected chi connectivity index (χ4v) is 5.52. The molecule has 3 aromatic heterocycles. The summed E-state index contributed by atoms with van der Waals surface area (Å²) >= 11 is 0. The van der Waals surface area contributed by atoms with E-state index in [1.807, 2.05) is 37.3 Å². The molecule has 2 aromatic carbocycles. The molecule has 0 atom stereocenters. The predicted octanol–water partition coefficient (Wildman–Crippen LogP) is 5.64. The Morgan fingerprint density at radius 3 is 2.38 bits per heavy atom. The third-order valence-corrected chi connectivity index (χ3v) is 7.03. The molecule has 0 aliphatic heterocycles. The molecule has 9 heteroatoms. The van der Waals surface area contributed by atoms with Gasteiger partial charge in [0.15, 0.2) is 11.3 Å².